The lowest BCUT2D eigenvalue weighted by Crippen LogP contribution is -1.93. The molecule has 3 heteroatoms. The SMILES string of the molecule is CC(=O)CCc1ccc(-c2ccc(F)c(F)c2)cc1. The van der Waals surface area contributed by atoms with Crippen molar-refractivity contribution in [2.75, 3.05) is 0 Å². The van der Waals surface area contributed by atoms with Gasteiger partial charge in [0.1, 0.15) is 5.78 Å². The van der Waals surface area contributed by atoms with E-state index in [4.69, 9.17) is 0 Å². The monoisotopic (exact) mass is 260 g/mol. The molecule has 0 radical (unpaired) electrons. The van der Waals surface area contributed by atoms with Crippen LogP contribution >= 0.6 is 0 Å². The Morgan fingerprint density at radius 2 is 1.58 bits per heavy atom. The van der Waals surface area contributed by atoms with Gasteiger partial charge in [0.15, 0.2) is 11.6 Å². The zero-order chi connectivity index (χ0) is 13.8. The molecular formula is C16H14F2O. The summed E-state index contributed by atoms with van der Waals surface area (Å²) in [6.45, 7) is 1.57. The van der Waals surface area contributed by atoms with Crippen molar-refractivity contribution in [3.63, 3.8) is 0 Å². The molecule has 0 aliphatic heterocycles. The Kier molecular flexibility index (Phi) is 4.05. The van der Waals surface area contributed by atoms with Crippen LogP contribution in [-0.4, -0.2) is 5.78 Å². The summed E-state index contributed by atoms with van der Waals surface area (Å²) in [5.74, 6) is -1.54. The quantitative estimate of drug-likeness (QED) is 0.807. The van der Waals surface area contributed by atoms with Crippen molar-refractivity contribution in [1.29, 1.82) is 0 Å². The second kappa shape index (κ2) is 5.74. The second-order valence-corrected chi connectivity index (χ2v) is 4.53. The fourth-order valence-electron chi connectivity index (χ4n) is 1.86. The van der Waals surface area contributed by atoms with Crippen molar-refractivity contribution in [2.24, 2.45) is 0 Å². The number of aryl methyl sites for hydroxylation is 1. The number of carbonyl (C=O) groups excluding carboxylic acids is 1. The zero-order valence-corrected chi connectivity index (χ0v) is 10.6. The summed E-state index contributed by atoms with van der Waals surface area (Å²) in [7, 11) is 0. The van der Waals surface area contributed by atoms with Crippen molar-refractivity contribution in [2.45, 2.75) is 19.8 Å². The maximum absolute atomic E-state index is 13.1. The summed E-state index contributed by atoms with van der Waals surface area (Å²) in [5, 5.41) is 0. The highest BCUT2D eigenvalue weighted by Gasteiger charge is 2.04. The van der Waals surface area contributed by atoms with E-state index in [1.807, 2.05) is 24.3 Å². The third-order valence-electron chi connectivity index (χ3n) is 2.97. The van der Waals surface area contributed by atoms with Crippen LogP contribution in [0.3, 0.4) is 0 Å². The molecule has 1 nitrogen and oxygen atoms in total. The molecule has 2 rings (SSSR count). The van der Waals surface area contributed by atoms with Gasteiger partial charge >= 0.3 is 0 Å². The molecule has 0 aliphatic carbocycles. The normalized spacial score (nSPS) is 10.5. The number of hydrogen-bond acceptors (Lipinski definition) is 1. The minimum absolute atomic E-state index is 0.157. The average molecular weight is 260 g/mol. The van der Waals surface area contributed by atoms with Crippen LogP contribution in [0.15, 0.2) is 42.5 Å². The molecule has 0 aromatic heterocycles. The van der Waals surface area contributed by atoms with Crippen LogP contribution in [-0.2, 0) is 11.2 Å². The molecule has 0 bridgehead atoms. The molecule has 0 saturated heterocycles. The number of benzene rings is 2. The van der Waals surface area contributed by atoms with Gasteiger partial charge in [-0.05, 0) is 42.2 Å². The molecule has 0 spiro atoms. The number of Topliss-reactive ketones (excluding diaryl/α,β-unsaturated/α-hetero) is 1. The number of halogens is 2. The van der Waals surface area contributed by atoms with Crippen LogP contribution in [0.1, 0.15) is 18.9 Å². The van der Waals surface area contributed by atoms with E-state index in [1.54, 1.807) is 13.0 Å². The highest BCUT2D eigenvalue weighted by molar-refractivity contribution is 5.75. The standard InChI is InChI=1S/C16H14F2O/c1-11(19)2-3-12-4-6-13(7-5-12)14-8-9-15(17)16(18)10-14/h4-10H,2-3H2,1H3. The van der Waals surface area contributed by atoms with Gasteiger partial charge in [-0.25, -0.2) is 8.78 Å². The van der Waals surface area contributed by atoms with E-state index in [1.165, 1.54) is 6.07 Å². The molecule has 0 heterocycles. The van der Waals surface area contributed by atoms with Crippen LogP contribution in [0, 0.1) is 11.6 Å². The van der Waals surface area contributed by atoms with Crippen molar-refractivity contribution < 1.29 is 13.6 Å². The Hall–Kier alpha value is -2.03. The number of carbonyl (C=O) groups is 1. The lowest BCUT2D eigenvalue weighted by Gasteiger charge is -2.04. The first kappa shape index (κ1) is 13.4. The van der Waals surface area contributed by atoms with Gasteiger partial charge in [-0.15, -0.1) is 0 Å². The van der Waals surface area contributed by atoms with Gasteiger partial charge in [0.05, 0.1) is 0 Å². The largest absolute Gasteiger partial charge is 0.300 e. The molecule has 0 amide bonds. The van der Waals surface area contributed by atoms with E-state index in [0.29, 0.717) is 18.4 Å². The van der Waals surface area contributed by atoms with Gasteiger partial charge in [-0.3, -0.25) is 0 Å². The average Bonchev–Trinajstić information content (AvgIpc) is 2.40. The smallest absolute Gasteiger partial charge is 0.159 e. The maximum atomic E-state index is 13.1. The van der Waals surface area contributed by atoms with Crippen LogP contribution in [0.5, 0.6) is 0 Å². The van der Waals surface area contributed by atoms with Gasteiger partial charge in [-0.2, -0.15) is 0 Å². The lowest BCUT2D eigenvalue weighted by atomic mass is 10.0. The maximum Gasteiger partial charge on any atom is 0.159 e. The van der Waals surface area contributed by atoms with Crippen molar-refractivity contribution >= 4 is 5.78 Å². The van der Waals surface area contributed by atoms with E-state index >= 15 is 0 Å². The highest BCUT2D eigenvalue weighted by atomic mass is 19.2. The van der Waals surface area contributed by atoms with E-state index in [2.05, 4.69) is 0 Å². The predicted molar refractivity (Wildman–Crippen MR) is 70.8 cm³/mol. The molecule has 0 unspecified atom stereocenters. The summed E-state index contributed by atoms with van der Waals surface area (Å²) >= 11 is 0. The van der Waals surface area contributed by atoms with Crippen LogP contribution in [0.4, 0.5) is 8.78 Å². The van der Waals surface area contributed by atoms with E-state index in [-0.39, 0.29) is 5.78 Å². The molecular weight excluding hydrogens is 246 g/mol. The Morgan fingerprint density at radius 3 is 2.16 bits per heavy atom. The Morgan fingerprint density at radius 1 is 0.947 bits per heavy atom. The predicted octanol–water partition coefficient (Wildman–Crippen LogP) is 4.15. The highest BCUT2D eigenvalue weighted by Crippen LogP contribution is 2.22. The summed E-state index contributed by atoms with van der Waals surface area (Å²) in [4.78, 5) is 10.9. The van der Waals surface area contributed by atoms with Gasteiger partial charge in [0.25, 0.3) is 0 Å². The molecule has 0 saturated carbocycles. The molecule has 0 atom stereocenters. The third-order valence-corrected chi connectivity index (χ3v) is 2.97. The topological polar surface area (TPSA) is 17.1 Å². The first-order valence-electron chi connectivity index (χ1n) is 6.10. The van der Waals surface area contributed by atoms with E-state index in [9.17, 15) is 13.6 Å². The number of hydrogen-bond donors (Lipinski definition) is 0. The minimum Gasteiger partial charge on any atom is -0.300 e. The molecule has 98 valence electrons. The zero-order valence-electron chi connectivity index (χ0n) is 10.6. The van der Waals surface area contributed by atoms with Gasteiger partial charge in [-0.1, -0.05) is 30.3 Å². The van der Waals surface area contributed by atoms with Crippen molar-refractivity contribution in [1.82, 2.24) is 0 Å². The second-order valence-electron chi connectivity index (χ2n) is 4.53. The summed E-state index contributed by atoms with van der Waals surface area (Å²) in [6.07, 6.45) is 1.22. The van der Waals surface area contributed by atoms with Crippen LogP contribution < -0.4 is 0 Å². The molecule has 2 aromatic rings. The van der Waals surface area contributed by atoms with E-state index < -0.39 is 11.6 Å². The van der Waals surface area contributed by atoms with Crippen molar-refractivity contribution in [3.05, 3.63) is 59.7 Å². The molecule has 2 aromatic carbocycles. The van der Waals surface area contributed by atoms with Gasteiger partial charge < -0.3 is 4.79 Å². The Balaban J connectivity index is 2.17. The summed E-state index contributed by atoms with van der Waals surface area (Å²) in [5.41, 5.74) is 2.52. The Bertz CT molecular complexity index is 588. The fourth-order valence-corrected chi connectivity index (χ4v) is 1.86. The third kappa shape index (κ3) is 3.47. The molecule has 19 heavy (non-hydrogen) atoms. The number of rotatable bonds is 4. The number of ketones is 1. The van der Waals surface area contributed by atoms with Gasteiger partial charge in [0.2, 0.25) is 0 Å². The lowest BCUT2D eigenvalue weighted by molar-refractivity contribution is -0.116. The molecule has 0 fully saturated rings. The molecule has 0 N–H and O–H groups in total. The minimum atomic E-state index is -0.849. The molecule has 0 aliphatic rings. The summed E-state index contributed by atoms with van der Waals surface area (Å²) < 4.78 is 26.0. The van der Waals surface area contributed by atoms with Crippen LogP contribution in [0.25, 0.3) is 11.1 Å². The van der Waals surface area contributed by atoms with E-state index in [0.717, 1.165) is 17.2 Å². The van der Waals surface area contributed by atoms with Crippen LogP contribution in [0.2, 0.25) is 0 Å². The first-order chi connectivity index (χ1) is 9.06. The summed E-state index contributed by atoms with van der Waals surface area (Å²) in [6, 6.07) is 11.3. The van der Waals surface area contributed by atoms with Crippen molar-refractivity contribution in [3.8, 4) is 11.1 Å². The first-order valence-corrected chi connectivity index (χ1v) is 6.10. The fraction of sp³-hybridized carbons (Fsp3) is 0.188. The van der Waals surface area contributed by atoms with Gasteiger partial charge in [0, 0.05) is 6.42 Å². The Labute approximate surface area is 110 Å².